The van der Waals surface area contributed by atoms with E-state index < -0.39 is 0 Å². The first-order valence-electron chi connectivity index (χ1n) is 5.26. The highest BCUT2D eigenvalue weighted by Crippen LogP contribution is 2.07. The number of amides is 1. The van der Waals surface area contributed by atoms with E-state index in [0.717, 1.165) is 0 Å². The van der Waals surface area contributed by atoms with Crippen molar-refractivity contribution in [2.75, 3.05) is 0 Å². The summed E-state index contributed by atoms with van der Waals surface area (Å²) in [7, 11) is 0. The molecular weight excluding hydrogens is 222 g/mol. The normalized spacial score (nSPS) is 10.8. The predicted molar refractivity (Wildman–Crippen MR) is 58.1 cm³/mol. The maximum Gasteiger partial charge on any atom is 0.291 e. The predicted octanol–water partition coefficient (Wildman–Crippen LogP) is 0.846. The molecule has 1 amide bonds. The first kappa shape index (κ1) is 11.3. The Hall–Kier alpha value is -2.18. The third kappa shape index (κ3) is 2.68. The van der Waals surface area contributed by atoms with Crippen LogP contribution in [0.2, 0.25) is 0 Å². The summed E-state index contributed by atoms with van der Waals surface area (Å²) in [6.07, 6.45) is 1.45. The Bertz CT molecular complexity index is 489. The molecule has 0 bridgehead atoms. The Morgan fingerprint density at radius 1 is 1.59 bits per heavy atom. The lowest BCUT2D eigenvalue weighted by Gasteiger charge is -1.98. The molecule has 0 aliphatic heterocycles. The van der Waals surface area contributed by atoms with Crippen LogP contribution in [-0.2, 0) is 6.54 Å². The first-order chi connectivity index (χ1) is 8.16. The Morgan fingerprint density at radius 3 is 3.00 bits per heavy atom. The molecule has 2 heterocycles. The third-order valence-electron chi connectivity index (χ3n) is 2.17. The number of hydrogen-bond donors (Lipinski definition) is 2. The number of nitrogens with one attached hydrogen (secondary N) is 2. The molecule has 90 valence electrons. The van der Waals surface area contributed by atoms with E-state index in [1.165, 1.54) is 6.26 Å². The van der Waals surface area contributed by atoms with Crippen LogP contribution in [-0.4, -0.2) is 26.2 Å². The van der Waals surface area contributed by atoms with Crippen molar-refractivity contribution >= 4 is 5.91 Å². The number of nitrogens with zero attached hydrogens (tertiary/aromatic N) is 3. The van der Waals surface area contributed by atoms with E-state index >= 15 is 0 Å². The third-order valence-corrected chi connectivity index (χ3v) is 2.17. The van der Waals surface area contributed by atoms with Crippen molar-refractivity contribution in [1.29, 1.82) is 0 Å². The molecule has 0 fully saturated rings. The molecule has 17 heavy (non-hydrogen) atoms. The summed E-state index contributed by atoms with van der Waals surface area (Å²) in [5.74, 6) is 0.699. The number of carbonyl (C=O) groups is 1. The molecule has 0 radical (unpaired) electrons. The van der Waals surface area contributed by atoms with Gasteiger partial charge in [0, 0.05) is 12.0 Å². The molecule has 0 aromatic carbocycles. The second-order valence-electron chi connectivity index (χ2n) is 3.87. The smallest absolute Gasteiger partial charge is 0.291 e. The van der Waals surface area contributed by atoms with Gasteiger partial charge in [-0.05, 0) is 0 Å². The summed E-state index contributed by atoms with van der Waals surface area (Å²) in [5.41, 5.74) is 0.651. The molecule has 2 aromatic heterocycles. The van der Waals surface area contributed by atoms with Crippen molar-refractivity contribution in [1.82, 2.24) is 25.7 Å². The summed E-state index contributed by atoms with van der Waals surface area (Å²) >= 11 is 0. The van der Waals surface area contributed by atoms with E-state index in [1.54, 1.807) is 6.07 Å². The van der Waals surface area contributed by atoms with Crippen molar-refractivity contribution in [3.8, 4) is 0 Å². The van der Waals surface area contributed by atoms with Gasteiger partial charge in [0.1, 0.15) is 17.8 Å². The Labute approximate surface area is 97.6 Å². The second kappa shape index (κ2) is 4.77. The molecular formula is C10H13N5O2. The van der Waals surface area contributed by atoms with Crippen LogP contribution in [0.25, 0.3) is 0 Å². The molecule has 2 aromatic rings. The zero-order chi connectivity index (χ0) is 12.3. The van der Waals surface area contributed by atoms with Crippen LogP contribution in [0, 0.1) is 0 Å². The first-order valence-corrected chi connectivity index (χ1v) is 5.26. The molecule has 0 atom stereocenters. The average molecular weight is 235 g/mol. The van der Waals surface area contributed by atoms with Crippen LogP contribution in [0.5, 0.6) is 0 Å². The minimum atomic E-state index is -0.337. The van der Waals surface area contributed by atoms with Crippen LogP contribution in [0.15, 0.2) is 16.9 Å². The van der Waals surface area contributed by atoms with Crippen LogP contribution in [0.3, 0.4) is 0 Å². The number of hydrogen-bond acceptors (Lipinski definition) is 5. The zero-order valence-electron chi connectivity index (χ0n) is 9.60. The average Bonchev–Trinajstić information content (AvgIpc) is 2.96. The second-order valence-corrected chi connectivity index (χ2v) is 3.87. The summed E-state index contributed by atoms with van der Waals surface area (Å²) < 4.78 is 4.65. The van der Waals surface area contributed by atoms with Gasteiger partial charge in [0.05, 0.1) is 6.54 Å². The van der Waals surface area contributed by atoms with E-state index in [9.17, 15) is 4.79 Å². The molecule has 0 aliphatic rings. The monoisotopic (exact) mass is 235 g/mol. The van der Waals surface area contributed by atoms with Gasteiger partial charge >= 0.3 is 0 Å². The highest BCUT2D eigenvalue weighted by Gasteiger charge is 2.13. The van der Waals surface area contributed by atoms with E-state index in [-0.39, 0.29) is 17.6 Å². The number of H-pyrrole nitrogens is 1. The molecule has 0 unspecified atom stereocenters. The quantitative estimate of drug-likeness (QED) is 0.818. The van der Waals surface area contributed by atoms with Gasteiger partial charge in [-0.1, -0.05) is 19.0 Å². The van der Waals surface area contributed by atoms with Gasteiger partial charge in [0.25, 0.3) is 5.91 Å². The highest BCUT2D eigenvalue weighted by atomic mass is 16.5. The Morgan fingerprint density at radius 2 is 2.41 bits per heavy atom. The molecule has 2 rings (SSSR count). The van der Waals surface area contributed by atoms with E-state index in [0.29, 0.717) is 18.1 Å². The van der Waals surface area contributed by atoms with Gasteiger partial charge in [-0.15, -0.1) is 5.10 Å². The van der Waals surface area contributed by atoms with Crippen molar-refractivity contribution in [3.63, 3.8) is 0 Å². The lowest BCUT2D eigenvalue weighted by Crippen LogP contribution is -2.24. The fourth-order valence-corrected chi connectivity index (χ4v) is 1.21. The van der Waals surface area contributed by atoms with Gasteiger partial charge in [-0.3, -0.25) is 9.89 Å². The fraction of sp³-hybridized carbons (Fsp3) is 0.400. The molecule has 2 N–H and O–H groups in total. The van der Waals surface area contributed by atoms with E-state index in [2.05, 4.69) is 30.2 Å². The maximum atomic E-state index is 11.7. The summed E-state index contributed by atoms with van der Waals surface area (Å²) in [4.78, 5) is 15.7. The lowest BCUT2D eigenvalue weighted by molar-refractivity contribution is 0.0940. The number of aromatic amines is 1. The SMILES string of the molecule is CC(C)c1nc(C(=O)NCc2ccon2)n[nH]1. The van der Waals surface area contributed by atoms with Gasteiger partial charge in [0.2, 0.25) is 5.82 Å². The zero-order valence-corrected chi connectivity index (χ0v) is 9.60. The van der Waals surface area contributed by atoms with Gasteiger partial charge in [-0.2, -0.15) is 0 Å². The van der Waals surface area contributed by atoms with E-state index in [1.807, 2.05) is 13.8 Å². The fourth-order valence-electron chi connectivity index (χ4n) is 1.21. The summed E-state index contributed by atoms with van der Waals surface area (Å²) in [6.45, 7) is 4.23. The van der Waals surface area contributed by atoms with Crippen molar-refractivity contribution in [2.45, 2.75) is 26.3 Å². The van der Waals surface area contributed by atoms with Gasteiger partial charge in [0.15, 0.2) is 0 Å². The van der Waals surface area contributed by atoms with Crippen LogP contribution in [0.4, 0.5) is 0 Å². The topological polar surface area (TPSA) is 96.7 Å². The van der Waals surface area contributed by atoms with Crippen molar-refractivity contribution in [2.24, 2.45) is 0 Å². The minimum Gasteiger partial charge on any atom is -0.364 e. The molecule has 7 nitrogen and oxygen atoms in total. The maximum absolute atomic E-state index is 11.7. The molecule has 0 aliphatic carbocycles. The Balaban J connectivity index is 1.95. The minimum absolute atomic E-state index is 0.136. The van der Waals surface area contributed by atoms with Crippen LogP contribution >= 0.6 is 0 Å². The molecule has 0 saturated carbocycles. The molecule has 7 heteroatoms. The summed E-state index contributed by atoms with van der Waals surface area (Å²) in [6, 6.07) is 1.68. The molecule has 0 saturated heterocycles. The number of carbonyl (C=O) groups excluding carboxylic acids is 1. The summed E-state index contributed by atoms with van der Waals surface area (Å²) in [5, 5.41) is 12.9. The lowest BCUT2D eigenvalue weighted by atomic mass is 10.2. The van der Waals surface area contributed by atoms with Crippen molar-refractivity contribution in [3.05, 3.63) is 29.7 Å². The molecule has 0 spiro atoms. The van der Waals surface area contributed by atoms with Gasteiger partial charge < -0.3 is 9.84 Å². The van der Waals surface area contributed by atoms with Crippen LogP contribution < -0.4 is 5.32 Å². The van der Waals surface area contributed by atoms with Crippen LogP contribution in [0.1, 0.15) is 41.9 Å². The number of rotatable bonds is 4. The standard InChI is InChI=1S/C10H13N5O2/c1-6(2)8-12-9(14-13-8)10(16)11-5-7-3-4-17-15-7/h3-4,6H,5H2,1-2H3,(H,11,16)(H,12,13,14). The van der Waals surface area contributed by atoms with Gasteiger partial charge in [-0.25, -0.2) is 4.98 Å². The highest BCUT2D eigenvalue weighted by molar-refractivity contribution is 5.90. The van der Waals surface area contributed by atoms with E-state index in [4.69, 9.17) is 0 Å². The Kier molecular flexibility index (Phi) is 3.17. The number of aromatic nitrogens is 4. The van der Waals surface area contributed by atoms with Crippen molar-refractivity contribution < 1.29 is 9.32 Å². The largest absolute Gasteiger partial charge is 0.364 e.